The molecule has 0 spiro atoms. The smallest absolute Gasteiger partial charge is 0.129 e. The van der Waals surface area contributed by atoms with E-state index in [0.717, 1.165) is 10.0 Å². The number of anilines is 1. The van der Waals surface area contributed by atoms with Crippen molar-refractivity contribution >= 4 is 21.6 Å². The van der Waals surface area contributed by atoms with Gasteiger partial charge >= 0.3 is 0 Å². The molecule has 0 saturated heterocycles. The fourth-order valence-electron chi connectivity index (χ4n) is 1.98. The van der Waals surface area contributed by atoms with Crippen LogP contribution in [0.5, 0.6) is 0 Å². The van der Waals surface area contributed by atoms with Crippen molar-refractivity contribution in [3.8, 4) is 0 Å². The van der Waals surface area contributed by atoms with Gasteiger partial charge in [0, 0.05) is 34.2 Å². The van der Waals surface area contributed by atoms with Crippen molar-refractivity contribution in [2.45, 2.75) is 12.5 Å². The Bertz CT molecular complexity index is 574. The number of halogens is 2. The lowest BCUT2D eigenvalue weighted by Crippen LogP contribution is -2.20. The normalized spacial score (nSPS) is 12.4. The summed E-state index contributed by atoms with van der Waals surface area (Å²) in [5.74, 6) is -0.240. The molecule has 0 saturated carbocycles. The third-order valence-electron chi connectivity index (χ3n) is 3.05. The van der Waals surface area contributed by atoms with Crippen LogP contribution in [0.25, 0.3) is 0 Å². The Morgan fingerprint density at radius 3 is 2.84 bits per heavy atom. The van der Waals surface area contributed by atoms with E-state index in [4.69, 9.17) is 5.73 Å². The number of nitrogen functional groups attached to an aromatic ring is 1. The van der Waals surface area contributed by atoms with E-state index < -0.39 is 0 Å². The van der Waals surface area contributed by atoms with E-state index in [2.05, 4.69) is 26.2 Å². The van der Waals surface area contributed by atoms with Crippen LogP contribution in [0.1, 0.15) is 17.2 Å². The Morgan fingerprint density at radius 1 is 1.42 bits per heavy atom. The van der Waals surface area contributed by atoms with Crippen LogP contribution < -0.4 is 11.1 Å². The minimum absolute atomic E-state index is 0.139. The van der Waals surface area contributed by atoms with Gasteiger partial charge in [-0.1, -0.05) is 22.0 Å². The van der Waals surface area contributed by atoms with E-state index >= 15 is 0 Å². The molecule has 0 aliphatic carbocycles. The lowest BCUT2D eigenvalue weighted by molar-refractivity contribution is 0.533. The number of aromatic nitrogens is 1. The zero-order chi connectivity index (χ0) is 13.8. The monoisotopic (exact) mass is 323 g/mol. The molecule has 1 unspecified atom stereocenters. The van der Waals surface area contributed by atoms with Gasteiger partial charge in [0.1, 0.15) is 5.82 Å². The van der Waals surface area contributed by atoms with Crippen LogP contribution in [-0.4, -0.2) is 12.0 Å². The molecule has 1 heterocycles. The van der Waals surface area contributed by atoms with Crippen molar-refractivity contribution < 1.29 is 4.39 Å². The SMILES string of the molecule is CNC(Cc1cnccc1N)c1ccc(Br)cc1F. The maximum Gasteiger partial charge on any atom is 0.129 e. The molecule has 0 aliphatic heterocycles. The molecular formula is C14H15BrFN3. The first-order chi connectivity index (χ1) is 9.11. The summed E-state index contributed by atoms with van der Waals surface area (Å²) in [6, 6.07) is 6.67. The standard InChI is InChI=1S/C14H15BrFN3/c1-18-14(6-9-8-19-5-4-13(9)17)11-3-2-10(15)7-12(11)16/h2-5,7-8,14,18H,6H2,1H3,(H2,17,19). The molecule has 0 aliphatic rings. The van der Waals surface area contributed by atoms with Gasteiger partial charge in [-0.3, -0.25) is 4.98 Å². The maximum absolute atomic E-state index is 14.0. The van der Waals surface area contributed by atoms with Crippen molar-refractivity contribution in [3.63, 3.8) is 0 Å². The topological polar surface area (TPSA) is 50.9 Å². The lowest BCUT2D eigenvalue weighted by atomic mass is 9.99. The molecule has 5 heteroatoms. The van der Waals surface area contributed by atoms with Crippen molar-refractivity contribution in [2.75, 3.05) is 12.8 Å². The van der Waals surface area contributed by atoms with Gasteiger partial charge in [-0.2, -0.15) is 0 Å². The number of likely N-dealkylation sites (N-methyl/N-ethyl adjacent to an activating group) is 1. The van der Waals surface area contributed by atoms with E-state index in [-0.39, 0.29) is 11.9 Å². The highest BCUT2D eigenvalue weighted by Gasteiger charge is 2.16. The molecule has 3 nitrogen and oxygen atoms in total. The summed E-state index contributed by atoms with van der Waals surface area (Å²) in [5.41, 5.74) is 8.09. The number of hydrogen-bond acceptors (Lipinski definition) is 3. The van der Waals surface area contributed by atoms with Crippen LogP contribution in [0.2, 0.25) is 0 Å². The van der Waals surface area contributed by atoms with Gasteiger partial charge in [0.15, 0.2) is 0 Å². The molecule has 1 atom stereocenters. The first-order valence-corrected chi connectivity index (χ1v) is 6.71. The Kier molecular flexibility index (Phi) is 4.50. The van der Waals surface area contributed by atoms with Gasteiger partial charge in [0.2, 0.25) is 0 Å². The predicted molar refractivity (Wildman–Crippen MR) is 78.3 cm³/mol. The van der Waals surface area contributed by atoms with Crippen molar-refractivity contribution in [3.05, 3.63) is 58.1 Å². The number of benzene rings is 1. The molecule has 0 amide bonds. The average molecular weight is 324 g/mol. The van der Waals surface area contributed by atoms with E-state index in [1.54, 1.807) is 31.6 Å². The van der Waals surface area contributed by atoms with Crippen LogP contribution >= 0.6 is 15.9 Å². The molecule has 1 aromatic heterocycles. The molecular weight excluding hydrogens is 309 g/mol. The number of nitrogens with zero attached hydrogens (tertiary/aromatic N) is 1. The summed E-state index contributed by atoms with van der Waals surface area (Å²) < 4.78 is 14.7. The zero-order valence-corrected chi connectivity index (χ0v) is 12.1. The number of hydrogen-bond donors (Lipinski definition) is 2. The number of rotatable bonds is 4. The van der Waals surface area contributed by atoms with Crippen LogP contribution in [0.3, 0.4) is 0 Å². The third kappa shape index (κ3) is 3.30. The van der Waals surface area contributed by atoms with Gasteiger partial charge in [-0.05, 0) is 37.2 Å². The predicted octanol–water partition coefficient (Wildman–Crippen LogP) is 3.07. The number of nitrogens with two attached hydrogens (primary N) is 1. The first-order valence-electron chi connectivity index (χ1n) is 5.92. The first kappa shape index (κ1) is 14.0. The maximum atomic E-state index is 14.0. The van der Waals surface area contributed by atoms with Crippen LogP contribution in [0.15, 0.2) is 41.1 Å². The molecule has 2 aromatic rings. The lowest BCUT2D eigenvalue weighted by Gasteiger charge is -2.18. The van der Waals surface area contributed by atoms with E-state index in [0.29, 0.717) is 17.7 Å². The summed E-state index contributed by atoms with van der Waals surface area (Å²) >= 11 is 3.26. The van der Waals surface area contributed by atoms with E-state index in [1.807, 2.05) is 6.07 Å². The van der Waals surface area contributed by atoms with Gasteiger partial charge in [0.25, 0.3) is 0 Å². The second kappa shape index (κ2) is 6.12. The summed E-state index contributed by atoms with van der Waals surface area (Å²) in [6.45, 7) is 0. The Hall–Kier alpha value is -1.46. The van der Waals surface area contributed by atoms with Gasteiger partial charge in [0.05, 0.1) is 0 Å². The molecule has 1 aromatic carbocycles. The quantitative estimate of drug-likeness (QED) is 0.909. The Balaban J connectivity index is 2.28. The molecule has 2 rings (SSSR count). The van der Waals surface area contributed by atoms with Gasteiger partial charge in [-0.15, -0.1) is 0 Å². The Labute approximate surface area is 120 Å². The minimum atomic E-state index is -0.240. The number of nitrogens with one attached hydrogen (secondary N) is 1. The minimum Gasteiger partial charge on any atom is -0.398 e. The van der Waals surface area contributed by atoms with Gasteiger partial charge in [-0.25, -0.2) is 4.39 Å². The summed E-state index contributed by atoms with van der Waals surface area (Å²) in [6.07, 6.45) is 3.96. The van der Waals surface area contributed by atoms with Crippen LogP contribution in [0.4, 0.5) is 10.1 Å². The van der Waals surface area contributed by atoms with Crippen LogP contribution in [0, 0.1) is 5.82 Å². The van der Waals surface area contributed by atoms with Crippen molar-refractivity contribution in [1.29, 1.82) is 0 Å². The zero-order valence-electron chi connectivity index (χ0n) is 10.5. The third-order valence-corrected chi connectivity index (χ3v) is 3.54. The molecule has 0 bridgehead atoms. The van der Waals surface area contributed by atoms with E-state index in [9.17, 15) is 4.39 Å². The molecule has 100 valence electrons. The summed E-state index contributed by atoms with van der Waals surface area (Å²) in [7, 11) is 1.80. The van der Waals surface area contributed by atoms with Gasteiger partial charge < -0.3 is 11.1 Å². The highest BCUT2D eigenvalue weighted by Crippen LogP contribution is 2.25. The highest BCUT2D eigenvalue weighted by molar-refractivity contribution is 9.10. The number of pyridine rings is 1. The van der Waals surface area contributed by atoms with Crippen molar-refractivity contribution in [2.24, 2.45) is 0 Å². The summed E-state index contributed by atoms with van der Waals surface area (Å²) in [5, 5.41) is 3.12. The van der Waals surface area contributed by atoms with Crippen LogP contribution in [-0.2, 0) is 6.42 Å². The average Bonchev–Trinajstić information content (AvgIpc) is 2.39. The summed E-state index contributed by atoms with van der Waals surface area (Å²) in [4.78, 5) is 4.05. The largest absolute Gasteiger partial charge is 0.398 e. The molecule has 0 radical (unpaired) electrons. The molecule has 0 fully saturated rings. The van der Waals surface area contributed by atoms with E-state index in [1.165, 1.54) is 6.07 Å². The second-order valence-electron chi connectivity index (χ2n) is 4.29. The fourth-order valence-corrected chi connectivity index (χ4v) is 2.31. The fraction of sp³-hybridized carbons (Fsp3) is 0.214. The second-order valence-corrected chi connectivity index (χ2v) is 5.20. The van der Waals surface area contributed by atoms with Crippen molar-refractivity contribution in [1.82, 2.24) is 10.3 Å². The molecule has 3 N–H and O–H groups in total. The molecule has 19 heavy (non-hydrogen) atoms. The Morgan fingerprint density at radius 2 is 2.21 bits per heavy atom. The highest BCUT2D eigenvalue weighted by atomic mass is 79.9.